The number of benzene rings is 1. The number of Topliss-reactive ketones (excluding diaryl/α,β-unsaturated/α-hetero) is 1. The van der Waals surface area contributed by atoms with E-state index in [4.69, 9.17) is 0 Å². The molecule has 27 heavy (non-hydrogen) atoms. The second-order valence-corrected chi connectivity index (χ2v) is 6.45. The fraction of sp³-hybridized carbons (Fsp3) is 0.500. The van der Waals surface area contributed by atoms with Crippen LogP contribution in [0.4, 0.5) is 18.9 Å². The van der Waals surface area contributed by atoms with Crippen molar-refractivity contribution in [2.24, 2.45) is 0 Å². The van der Waals surface area contributed by atoms with Crippen molar-refractivity contribution in [1.29, 1.82) is 0 Å². The highest BCUT2D eigenvalue weighted by molar-refractivity contribution is 5.93. The number of piperazine rings is 1. The molecule has 0 atom stereocenters. The number of hydrogen-bond acceptors (Lipinski definition) is 4. The lowest BCUT2D eigenvalue weighted by atomic mass is 10.1. The topological polar surface area (TPSA) is 69.7 Å². The fourth-order valence-electron chi connectivity index (χ4n) is 2.83. The summed E-state index contributed by atoms with van der Waals surface area (Å²) in [5.41, 5.74) is -1.16. The van der Waals surface area contributed by atoms with E-state index in [9.17, 15) is 27.6 Å². The van der Waals surface area contributed by atoms with Gasteiger partial charge >= 0.3 is 6.18 Å². The Labute approximate surface area is 155 Å². The van der Waals surface area contributed by atoms with E-state index in [2.05, 4.69) is 5.32 Å². The van der Waals surface area contributed by atoms with Gasteiger partial charge in [0.1, 0.15) is 5.78 Å². The number of halogens is 3. The number of alkyl halides is 3. The first-order valence-corrected chi connectivity index (χ1v) is 8.62. The molecule has 0 aliphatic carbocycles. The van der Waals surface area contributed by atoms with Gasteiger partial charge in [0.05, 0.1) is 17.8 Å². The summed E-state index contributed by atoms with van der Waals surface area (Å²) < 4.78 is 38.9. The number of ketones is 1. The van der Waals surface area contributed by atoms with Crippen molar-refractivity contribution >= 4 is 23.3 Å². The van der Waals surface area contributed by atoms with Crippen LogP contribution in [0.3, 0.4) is 0 Å². The van der Waals surface area contributed by atoms with E-state index in [1.807, 2.05) is 0 Å². The minimum absolute atomic E-state index is 0.0437. The third kappa shape index (κ3) is 6.35. The lowest BCUT2D eigenvalue weighted by Gasteiger charge is -2.34. The number of carbonyl (C=O) groups excluding carboxylic acids is 3. The van der Waals surface area contributed by atoms with Gasteiger partial charge in [-0.3, -0.25) is 14.5 Å². The van der Waals surface area contributed by atoms with Crippen LogP contribution in [0, 0.1) is 0 Å². The third-order valence-corrected chi connectivity index (χ3v) is 4.29. The Morgan fingerprint density at radius 1 is 1.04 bits per heavy atom. The van der Waals surface area contributed by atoms with Crippen molar-refractivity contribution in [2.45, 2.75) is 25.9 Å². The quantitative estimate of drug-likeness (QED) is 0.815. The summed E-state index contributed by atoms with van der Waals surface area (Å²) in [4.78, 5) is 38.4. The predicted molar refractivity (Wildman–Crippen MR) is 93.0 cm³/mol. The molecule has 1 aliphatic rings. The van der Waals surface area contributed by atoms with E-state index in [-0.39, 0.29) is 36.8 Å². The molecular formula is C18H22F3N3O3. The minimum Gasteiger partial charge on any atom is -0.340 e. The number of anilines is 1. The maximum Gasteiger partial charge on any atom is 0.418 e. The first-order valence-electron chi connectivity index (χ1n) is 8.62. The van der Waals surface area contributed by atoms with Gasteiger partial charge in [-0.2, -0.15) is 13.2 Å². The summed E-state index contributed by atoms with van der Waals surface area (Å²) in [5, 5.41) is 2.31. The lowest BCUT2D eigenvalue weighted by Crippen LogP contribution is -2.50. The molecule has 9 heteroatoms. The van der Waals surface area contributed by atoms with Gasteiger partial charge in [-0.25, -0.2) is 0 Å². The Bertz CT molecular complexity index is 699. The van der Waals surface area contributed by atoms with Gasteiger partial charge in [0, 0.05) is 39.0 Å². The van der Waals surface area contributed by atoms with Crippen LogP contribution in [-0.4, -0.2) is 60.1 Å². The molecule has 1 saturated heterocycles. The molecule has 1 aromatic carbocycles. The normalized spacial score (nSPS) is 15.5. The van der Waals surface area contributed by atoms with E-state index in [1.165, 1.54) is 25.1 Å². The fourth-order valence-corrected chi connectivity index (χ4v) is 2.83. The summed E-state index contributed by atoms with van der Waals surface area (Å²) >= 11 is 0. The molecule has 1 N–H and O–H groups in total. The van der Waals surface area contributed by atoms with Crippen molar-refractivity contribution in [3.8, 4) is 0 Å². The summed E-state index contributed by atoms with van der Waals surface area (Å²) in [7, 11) is 0. The van der Waals surface area contributed by atoms with Crippen LogP contribution in [0.2, 0.25) is 0 Å². The molecule has 1 fully saturated rings. The van der Waals surface area contributed by atoms with E-state index in [1.54, 1.807) is 9.80 Å². The monoisotopic (exact) mass is 385 g/mol. The molecule has 0 aromatic heterocycles. The average molecular weight is 385 g/mol. The van der Waals surface area contributed by atoms with Gasteiger partial charge in [0.25, 0.3) is 0 Å². The molecule has 148 valence electrons. The van der Waals surface area contributed by atoms with Crippen molar-refractivity contribution in [2.75, 3.05) is 38.0 Å². The van der Waals surface area contributed by atoms with Gasteiger partial charge in [-0.05, 0) is 19.1 Å². The zero-order chi connectivity index (χ0) is 20.0. The minimum atomic E-state index is -4.55. The molecule has 2 rings (SSSR count). The van der Waals surface area contributed by atoms with Crippen molar-refractivity contribution in [1.82, 2.24) is 9.80 Å². The van der Waals surface area contributed by atoms with Gasteiger partial charge in [-0.15, -0.1) is 0 Å². The van der Waals surface area contributed by atoms with Crippen LogP contribution in [-0.2, 0) is 20.6 Å². The van der Waals surface area contributed by atoms with Crippen molar-refractivity contribution in [3.63, 3.8) is 0 Å². The van der Waals surface area contributed by atoms with Gasteiger partial charge in [0.15, 0.2) is 0 Å². The number of nitrogens with one attached hydrogen (secondary N) is 1. The predicted octanol–water partition coefficient (Wildman–Crippen LogP) is 2.16. The number of rotatable bonds is 6. The lowest BCUT2D eigenvalue weighted by molar-refractivity contribution is -0.137. The van der Waals surface area contributed by atoms with Crippen LogP contribution in [0.15, 0.2) is 24.3 Å². The molecule has 0 radical (unpaired) electrons. The Morgan fingerprint density at radius 2 is 1.67 bits per heavy atom. The maximum atomic E-state index is 13.0. The van der Waals surface area contributed by atoms with Crippen LogP contribution in [0.1, 0.15) is 25.3 Å². The summed E-state index contributed by atoms with van der Waals surface area (Å²) in [6, 6.07) is 4.82. The molecule has 0 spiro atoms. The van der Waals surface area contributed by atoms with E-state index >= 15 is 0 Å². The highest BCUT2D eigenvalue weighted by Gasteiger charge is 2.33. The first-order chi connectivity index (χ1) is 12.7. The Morgan fingerprint density at radius 3 is 2.26 bits per heavy atom. The smallest absolute Gasteiger partial charge is 0.340 e. The molecule has 1 heterocycles. The Hall–Kier alpha value is -2.42. The number of nitrogens with zero attached hydrogens (tertiary/aromatic N) is 2. The van der Waals surface area contributed by atoms with Crippen molar-refractivity contribution in [3.05, 3.63) is 29.8 Å². The van der Waals surface area contributed by atoms with Gasteiger partial charge < -0.3 is 15.0 Å². The first kappa shape index (κ1) is 20.9. The SMILES string of the molecule is CC(=O)CCC(=O)N1CCN(CC(=O)Nc2ccccc2C(F)(F)F)CC1. The van der Waals surface area contributed by atoms with Crippen LogP contribution < -0.4 is 5.32 Å². The molecule has 0 unspecified atom stereocenters. The largest absolute Gasteiger partial charge is 0.418 e. The van der Waals surface area contributed by atoms with Gasteiger partial charge in [0.2, 0.25) is 11.8 Å². The third-order valence-electron chi connectivity index (χ3n) is 4.29. The Balaban J connectivity index is 1.83. The van der Waals surface area contributed by atoms with E-state index < -0.39 is 17.6 Å². The number of hydrogen-bond donors (Lipinski definition) is 1. The molecule has 1 aromatic rings. The summed E-state index contributed by atoms with van der Waals surface area (Å²) in [6.07, 6.45) is -4.17. The van der Waals surface area contributed by atoms with Crippen molar-refractivity contribution < 1.29 is 27.6 Å². The second-order valence-electron chi connectivity index (χ2n) is 6.45. The Kier molecular flexibility index (Phi) is 6.95. The highest BCUT2D eigenvalue weighted by atomic mass is 19.4. The average Bonchev–Trinajstić information content (AvgIpc) is 2.59. The maximum absolute atomic E-state index is 13.0. The van der Waals surface area contributed by atoms with E-state index in [0.717, 1.165) is 6.07 Å². The molecule has 0 saturated carbocycles. The molecule has 0 bridgehead atoms. The van der Waals surface area contributed by atoms with Crippen LogP contribution in [0.5, 0.6) is 0 Å². The van der Waals surface area contributed by atoms with Crippen LogP contribution in [0.25, 0.3) is 0 Å². The highest BCUT2D eigenvalue weighted by Crippen LogP contribution is 2.34. The zero-order valence-corrected chi connectivity index (χ0v) is 15.0. The van der Waals surface area contributed by atoms with Gasteiger partial charge in [-0.1, -0.05) is 12.1 Å². The second kappa shape index (κ2) is 8.98. The molecular weight excluding hydrogens is 363 g/mol. The standard InChI is InChI=1S/C18H22F3N3O3/c1-13(25)6-7-17(27)24-10-8-23(9-11-24)12-16(26)22-15-5-3-2-4-14(15)18(19,20)21/h2-5H,6-12H2,1H3,(H,22,26). The molecule has 1 aliphatic heterocycles. The number of para-hydroxylation sites is 1. The summed E-state index contributed by atoms with van der Waals surface area (Å²) in [5.74, 6) is -0.686. The van der Waals surface area contributed by atoms with Crippen LogP contribution >= 0.6 is 0 Å². The number of carbonyl (C=O) groups is 3. The van der Waals surface area contributed by atoms with E-state index in [0.29, 0.717) is 26.2 Å². The summed E-state index contributed by atoms with van der Waals surface area (Å²) in [6.45, 7) is 3.11. The number of amides is 2. The zero-order valence-electron chi connectivity index (χ0n) is 15.0. The molecule has 2 amide bonds. The molecule has 6 nitrogen and oxygen atoms in total.